The van der Waals surface area contributed by atoms with Crippen LogP contribution in [-0.2, 0) is 27.9 Å². The fourth-order valence-corrected chi connectivity index (χ4v) is 5.83. The van der Waals surface area contributed by atoms with Crippen molar-refractivity contribution in [2.75, 3.05) is 33.0 Å². The van der Waals surface area contributed by atoms with Crippen LogP contribution in [0.2, 0.25) is 0 Å². The molecule has 49 heavy (non-hydrogen) atoms. The third kappa shape index (κ3) is 37.5. The van der Waals surface area contributed by atoms with E-state index in [1.54, 1.807) is 0 Å². The number of nitrogens with two attached hydrogens (primary N) is 1. The van der Waals surface area contributed by atoms with Gasteiger partial charge in [-0.25, -0.2) is 4.57 Å². The Labute approximate surface area is 301 Å². The molecule has 0 saturated heterocycles. The van der Waals surface area contributed by atoms with Crippen LogP contribution in [0.15, 0.2) is 48.6 Å². The molecule has 0 aromatic carbocycles. The van der Waals surface area contributed by atoms with Gasteiger partial charge in [-0.2, -0.15) is 0 Å². The summed E-state index contributed by atoms with van der Waals surface area (Å²) in [5, 5.41) is 0. The number of unbranched alkanes of at least 4 members (excludes halogenated alkanes) is 16. The van der Waals surface area contributed by atoms with Gasteiger partial charge in [-0.3, -0.25) is 13.8 Å². The molecular formula is C40H74NO7P. The molecule has 8 nitrogen and oxygen atoms in total. The van der Waals surface area contributed by atoms with Gasteiger partial charge in [0.1, 0.15) is 6.10 Å². The first-order valence-electron chi connectivity index (χ1n) is 19.6. The Kier molecular flexibility index (Phi) is 36.5. The molecule has 0 amide bonds. The molecule has 0 spiro atoms. The van der Waals surface area contributed by atoms with Crippen molar-refractivity contribution in [3.8, 4) is 0 Å². The highest BCUT2D eigenvalue weighted by atomic mass is 31.2. The van der Waals surface area contributed by atoms with Crippen LogP contribution in [0.5, 0.6) is 0 Å². The Morgan fingerprint density at radius 3 is 1.67 bits per heavy atom. The highest BCUT2D eigenvalue weighted by Gasteiger charge is 2.25. The van der Waals surface area contributed by atoms with E-state index in [-0.39, 0.29) is 32.3 Å². The van der Waals surface area contributed by atoms with Gasteiger partial charge < -0.3 is 20.1 Å². The second kappa shape index (κ2) is 37.7. The second-order valence-corrected chi connectivity index (χ2v) is 14.2. The largest absolute Gasteiger partial charge is 0.472 e. The first-order valence-corrected chi connectivity index (χ1v) is 21.1. The van der Waals surface area contributed by atoms with Gasteiger partial charge >= 0.3 is 13.8 Å². The van der Waals surface area contributed by atoms with Crippen LogP contribution in [0.3, 0.4) is 0 Å². The van der Waals surface area contributed by atoms with E-state index >= 15 is 0 Å². The molecule has 0 saturated carbocycles. The number of phosphoric ester groups is 1. The quantitative estimate of drug-likeness (QED) is 0.0283. The SMILES string of the molecule is CCC/C=C\C/C=C\CCCCCCCC(=O)OC(COCCCCCCCC/C=C\C/C=C\CCCCCC)COP(=O)(O)OCCN. The molecule has 0 rings (SSSR count). The lowest BCUT2D eigenvalue weighted by atomic mass is 10.1. The molecule has 2 unspecified atom stereocenters. The van der Waals surface area contributed by atoms with Crippen molar-refractivity contribution in [1.82, 2.24) is 0 Å². The van der Waals surface area contributed by atoms with Crippen LogP contribution in [0.4, 0.5) is 0 Å². The molecule has 0 aliphatic carbocycles. The van der Waals surface area contributed by atoms with Crippen molar-refractivity contribution >= 4 is 13.8 Å². The number of hydrogen-bond donors (Lipinski definition) is 2. The Bertz CT molecular complexity index is 890. The molecule has 0 aromatic rings. The van der Waals surface area contributed by atoms with Crippen molar-refractivity contribution in [3.05, 3.63) is 48.6 Å². The van der Waals surface area contributed by atoms with E-state index in [0.29, 0.717) is 13.0 Å². The number of carbonyl (C=O) groups is 1. The van der Waals surface area contributed by atoms with Crippen LogP contribution >= 0.6 is 7.82 Å². The van der Waals surface area contributed by atoms with Gasteiger partial charge in [0.15, 0.2) is 0 Å². The molecule has 286 valence electrons. The summed E-state index contributed by atoms with van der Waals surface area (Å²) in [6.45, 7) is 4.78. The number of hydrogen-bond acceptors (Lipinski definition) is 7. The van der Waals surface area contributed by atoms with E-state index in [2.05, 4.69) is 62.5 Å². The molecule has 0 aromatic heterocycles. The number of ether oxygens (including phenoxy) is 2. The van der Waals surface area contributed by atoms with Gasteiger partial charge in [-0.05, 0) is 70.6 Å². The smallest absolute Gasteiger partial charge is 0.457 e. The zero-order valence-electron chi connectivity index (χ0n) is 31.4. The first kappa shape index (κ1) is 47.5. The maximum Gasteiger partial charge on any atom is 0.472 e. The third-order valence-corrected chi connectivity index (χ3v) is 8.93. The summed E-state index contributed by atoms with van der Waals surface area (Å²) in [5.41, 5.74) is 5.35. The number of carbonyl (C=O) groups excluding carboxylic acids is 1. The molecule has 2 atom stereocenters. The van der Waals surface area contributed by atoms with Gasteiger partial charge in [0.05, 0.1) is 19.8 Å². The Hall–Kier alpha value is -1.54. The zero-order chi connectivity index (χ0) is 35.9. The molecule has 0 aliphatic rings. The van der Waals surface area contributed by atoms with E-state index < -0.39 is 13.9 Å². The predicted molar refractivity (Wildman–Crippen MR) is 206 cm³/mol. The van der Waals surface area contributed by atoms with Gasteiger partial charge in [-0.15, -0.1) is 0 Å². The second-order valence-electron chi connectivity index (χ2n) is 12.8. The third-order valence-electron chi connectivity index (χ3n) is 7.95. The molecular weight excluding hydrogens is 637 g/mol. The number of esters is 1. The minimum absolute atomic E-state index is 0.0943. The van der Waals surface area contributed by atoms with Crippen LogP contribution < -0.4 is 5.73 Å². The monoisotopic (exact) mass is 712 g/mol. The molecule has 0 heterocycles. The lowest BCUT2D eigenvalue weighted by molar-refractivity contribution is -0.154. The molecule has 0 fully saturated rings. The van der Waals surface area contributed by atoms with Gasteiger partial charge in [0, 0.05) is 19.6 Å². The number of phosphoric acid groups is 1. The van der Waals surface area contributed by atoms with Crippen LogP contribution in [0.1, 0.15) is 162 Å². The number of rotatable bonds is 37. The summed E-state index contributed by atoms with van der Waals surface area (Å²) in [7, 11) is -4.28. The maximum atomic E-state index is 12.5. The van der Waals surface area contributed by atoms with Crippen molar-refractivity contribution in [3.63, 3.8) is 0 Å². The molecule has 0 radical (unpaired) electrons. The van der Waals surface area contributed by atoms with E-state index in [4.69, 9.17) is 24.3 Å². The van der Waals surface area contributed by atoms with Crippen LogP contribution in [-0.4, -0.2) is 49.9 Å². The summed E-state index contributed by atoms with van der Waals surface area (Å²) in [6, 6.07) is 0. The average Bonchev–Trinajstić information content (AvgIpc) is 3.09. The fourth-order valence-electron chi connectivity index (χ4n) is 5.06. The van der Waals surface area contributed by atoms with E-state index in [0.717, 1.165) is 83.5 Å². The summed E-state index contributed by atoms with van der Waals surface area (Å²) in [5.74, 6) is -0.351. The minimum atomic E-state index is -4.28. The summed E-state index contributed by atoms with van der Waals surface area (Å²) in [6.07, 6.45) is 42.6. The summed E-state index contributed by atoms with van der Waals surface area (Å²) in [4.78, 5) is 22.4. The lowest BCUT2D eigenvalue weighted by Crippen LogP contribution is -2.28. The zero-order valence-corrected chi connectivity index (χ0v) is 32.3. The van der Waals surface area contributed by atoms with Gasteiger partial charge in [0.2, 0.25) is 0 Å². The molecule has 9 heteroatoms. The predicted octanol–water partition coefficient (Wildman–Crippen LogP) is 11.2. The van der Waals surface area contributed by atoms with E-state index in [1.807, 2.05) is 0 Å². The average molecular weight is 712 g/mol. The van der Waals surface area contributed by atoms with Gasteiger partial charge in [-0.1, -0.05) is 133 Å². The van der Waals surface area contributed by atoms with Crippen LogP contribution in [0.25, 0.3) is 0 Å². The normalized spacial score (nSPS) is 14.1. The van der Waals surface area contributed by atoms with E-state index in [1.165, 1.54) is 57.8 Å². The molecule has 3 N–H and O–H groups in total. The lowest BCUT2D eigenvalue weighted by Gasteiger charge is -2.20. The van der Waals surface area contributed by atoms with E-state index in [9.17, 15) is 14.3 Å². The standard InChI is InChI=1S/C40H74NO7P/c1-3-5-7-9-11-13-15-17-18-19-20-22-24-26-28-30-32-35-45-37-39(38-47-49(43,44)46-36-34-41)48-40(42)33-31-29-27-25-23-21-16-14-12-10-8-6-4-2/h8,10,13-16,18-19,39H,3-7,9,11-12,17,20-38,41H2,1-2H3,(H,43,44)/b10-8-,15-13-,16-14-,19-18-. The van der Waals surface area contributed by atoms with Crippen molar-refractivity contribution in [2.24, 2.45) is 5.73 Å². The topological polar surface area (TPSA) is 117 Å². The molecule has 0 bridgehead atoms. The fraction of sp³-hybridized carbons (Fsp3) is 0.775. The minimum Gasteiger partial charge on any atom is -0.457 e. The summed E-state index contributed by atoms with van der Waals surface area (Å²) < 4.78 is 33.3. The van der Waals surface area contributed by atoms with Crippen molar-refractivity contribution in [1.29, 1.82) is 0 Å². The Balaban J connectivity index is 4.12. The highest BCUT2D eigenvalue weighted by molar-refractivity contribution is 7.47. The Morgan fingerprint density at radius 2 is 1.12 bits per heavy atom. The first-order chi connectivity index (χ1) is 23.9. The molecule has 0 aliphatic heterocycles. The highest BCUT2D eigenvalue weighted by Crippen LogP contribution is 2.43. The van der Waals surface area contributed by atoms with Crippen molar-refractivity contribution in [2.45, 2.75) is 168 Å². The van der Waals surface area contributed by atoms with Crippen LogP contribution in [0, 0.1) is 0 Å². The number of allylic oxidation sites excluding steroid dienone is 8. The van der Waals surface area contributed by atoms with Gasteiger partial charge in [0.25, 0.3) is 0 Å². The van der Waals surface area contributed by atoms with Crippen molar-refractivity contribution < 1.29 is 32.8 Å². The maximum absolute atomic E-state index is 12.5. The summed E-state index contributed by atoms with van der Waals surface area (Å²) >= 11 is 0. The Morgan fingerprint density at radius 1 is 0.612 bits per heavy atom.